The van der Waals surface area contributed by atoms with Crippen molar-refractivity contribution in [3.63, 3.8) is 0 Å². The van der Waals surface area contributed by atoms with Crippen LogP contribution in [0.1, 0.15) is 42.0 Å². The highest BCUT2D eigenvalue weighted by molar-refractivity contribution is 7.11. The Balaban J connectivity index is 1.89. The summed E-state index contributed by atoms with van der Waals surface area (Å²) in [5, 5.41) is 5.30. The zero-order valence-electron chi connectivity index (χ0n) is 13.7. The highest BCUT2D eigenvalue weighted by Gasteiger charge is 2.14. The van der Waals surface area contributed by atoms with Crippen LogP contribution in [0.15, 0.2) is 36.4 Å². The lowest BCUT2D eigenvalue weighted by molar-refractivity contribution is -0.136. The van der Waals surface area contributed by atoms with Crippen molar-refractivity contribution in [3.05, 3.63) is 51.7 Å². The average molecular weight is 330 g/mol. The van der Waals surface area contributed by atoms with E-state index in [0.717, 1.165) is 16.9 Å². The number of nitrogens with one attached hydrogen (secondary N) is 2. The van der Waals surface area contributed by atoms with E-state index in [2.05, 4.69) is 31.4 Å². The van der Waals surface area contributed by atoms with E-state index < -0.39 is 11.8 Å². The smallest absolute Gasteiger partial charge is 0.313 e. The van der Waals surface area contributed by atoms with Gasteiger partial charge in [0, 0.05) is 15.4 Å². The molecule has 0 aliphatic heterocycles. The van der Waals surface area contributed by atoms with Gasteiger partial charge >= 0.3 is 11.8 Å². The molecule has 0 fully saturated rings. The predicted octanol–water partition coefficient (Wildman–Crippen LogP) is 3.69. The molecule has 4 nitrogen and oxygen atoms in total. The van der Waals surface area contributed by atoms with Crippen LogP contribution < -0.4 is 10.6 Å². The molecule has 0 saturated heterocycles. The van der Waals surface area contributed by atoms with Crippen molar-refractivity contribution in [1.82, 2.24) is 5.32 Å². The van der Waals surface area contributed by atoms with Crippen LogP contribution in [0.4, 0.5) is 5.69 Å². The number of aryl methyl sites for hydroxylation is 1. The van der Waals surface area contributed by atoms with E-state index >= 15 is 0 Å². The molecule has 122 valence electrons. The first-order chi connectivity index (χ1) is 11.0. The summed E-state index contributed by atoms with van der Waals surface area (Å²) in [5.74, 6) is -0.892. The van der Waals surface area contributed by atoms with E-state index in [1.54, 1.807) is 17.4 Å². The van der Waals surface area contributed by atoms with Crippen molar-refractivity contribution in [1.29, 1.82) is 0 Å². The van der Waals surface area contributed by atoms with E-state index in [0.29, 0.717) is 18.2 Å². The second kappa shape index (κ2) is 7.92. The highest BCUT2D eigenvalue weighted by atomic mass is 32.1. The quantitative estimate of drug-likeness (QED) is 0.822. The normalized spacial score (nSPS) is 10.6. The van der Waals surface area contributed by atoms with Crippen LogP contribution in [-0.2, 0) is 22.6 Å². The fourth-order valence-electron chi connectivity index (χ4n) is 2.12. The van der Waals surface area contributed by atoms with E-state index in [1.165, 1.54) is 4.88 Å². The van der Waals surface area contributed by atoms with Gasteiger partial charge in [-0.05, 0) is 42.2 Å². The molecule has 2 rings (SSSR count). The number of carbonyl (C=O) groups excluding carboxylic acids is 2. The molecule has 2 amide bonds. The van der Waals surface area contributed by atoms with Crippen LogP contribution in [0.25, 0.3) is 0 Å². The fraction of sp³-hybridized carbons (Fsp3) is 0.333. The standard InChI is InChI=1S/C18H22N2O2S/c1-4-15-8-9-16(23-15)11-19-17(21)18(22)20-14-7-5-6-13(10-14)12(2)3/h5-10,12H,4,11H2,1-3H3,(H,19,21)(H,20,22). The topological polar surface area (TPSA) is 58.2 Å². The second-order valence-corrected chi connectivity index (χ2v) is 6.89. The predicted molar refractivity (Wildman–Crippen MR) is 94.7 cm³/mol. The SMILES string of the molecule is CCc1ccc(CNC(=O)C(=O)Nc2cccc(C(C)C)c2)s1. The molecule has 1 heterocycles. The Labute approximate surface area is 140 Å². The van der Waals surface area contributed by atoms with E-state index in [4.69, 9.17) is 0 Å². The monoisotopic (exact) mass is 330 g/mol. The van der Waals surface area contributed by atoms with Gasteiger partial charge in [0.15, 0.2) is 0 Å². The third-order valence-electron chi connectivity index (χ3n) is 3.51. The fourth-order valence-corrected chi connectivity index (χ4v) is 3.02. The maximum absolute atomic E-state index is 12.0. The average Bonchev–Trinajstić information content (AvgIpc) is 3.00. The molecule has 0 saturated carbocycles. The molecular weight excluding hydrogens is 308 g/mol. The maximum atomic E-state index is 12.0. The van der Waals surface area contributed by atoms with Gasteiger partial charge in [0.05, 0.1) is 6.54 Å². The van der Waals surface area contributed by atoms with Crippen molar-refractivity contribution in [3.8, 4) is 0 Å². The first-order valence-electron chi connectivity index (χ1n) is 7.76. The number of carbonyl (C=O) groups is 2. The Morgan fingerprint density at radius 2 is 1.83 bits per heavy atom. The van der Waals surface area contributed by atoms with Gasteiger partial charge in [-0.2, -0.15) is 0 Å². The number of hydrogen-bond donors (Lipinski definition) is 2. The number of anilines is 1. The molecule has 23 heavy (non-hydrogen) atoms. The third kappa shape index (κ3) is 4.93. The number of amides is 2. The van der Waals surface area contributed by atoms with E-state index in [-0.39, 0.29) is 0 Å². The Morgan fingerprint density at radius 3 is 2.48 bits per heavy atom. The van der Waals surface area contributed by atoms with Crippen LogP contribution >= 0.6 is 11.3 Å². The molecule has 1 aromatic heterocycles. The molecule has 2 aromatic rings. The molecule has 0 atom stereocenters. The van der Waals surface area contributed by atoms with Crippen molar-refractivity contribution in [2.75, 3.05) is 5.32 Å². The minimum absolute atomic E-state index is 0.368. The van der Waals surface area contributed by atoms with Gasteiger partial charge in [0.1, 0.15) is 0 Å². The van der Waals surface area contributed by atoms with E-state index in [9.17, 15) is 9.59 Å². The molecule has 0 aliphatic rings. The van der Waals surface area contributed by atoms with Crippen LogP contribution in [0.3, 0.4) is 0 Å². The summed E-state index contributed by atoms with van der Waals surface area (Å²) in [5.41, 5.74) is 1.76. The van der Waals surface area contributed by atoms with Gasteiger partial charge in [-0.1, -0.05) is 32.9 Å². The van der Waals surface area contributed by atoms with Gasteiger partial charge in [0.2, 0.25) is 0 Å². The van der Waals surface area contributed by atoms with Crippen LogP contribution in [0.2, 0.25) is 0 Å². The molecule has 0 radical (unpaired) electrons. The summed E-state index contributed by atoms with van der Waals surface area (Å²) in [6, 6.07) is 11.6. The molecule has 0 aliphatic carbocycles. The summed E-state index contributed by atoms with van der Waals surface area (Å²) < 4.78 is 0. The highest BCUT2D eigenvalue weighted by Crippen LogP contribution is 2.18. The first-order valence-corrected chi connectivity index (χ1v) is 8.58. The maximum Gasteiger partial charge on any atom is 0.313 e. The summed E-state index contributed by atoms with van der Waals surface area (Å²) in [7, 11) is 0. The zero-order chi connectivity index (χ0) is 16.8. The largest absolute Gasteiger partial charge is 0.343 e. The number of benzene rings is 1. The second-order valence-electron chi connectivity index (χ2n) is 5.64. The van der Waals surface area contributed by atoms with Gasteiger partial charge in [-0.15, -0.1) is 11.3 Å². The third-order valence-corrected chi connectivity index (χ3v) is 4.74. The Bertz CT molecular complexity index is 692. The molecule has 1 aromatic carbocycles. The minimum Gasteiger partial charge on any atom is -0.343 e. The Kier molecular flexibility index (Phi) is 5.93. The minimum atomic E-state index is -0.641. The zero-order valence-corrected chi connectivity index (χ0v) is 14.5. The van der Waals surface area contributed by atoms with Crippen LogP contribution in [-0.4, -0.2) is 11.8 Å². The Hall–Kier alpha value is -2.14. The molecule has 5 heteroatoms. The lowest BCUT2D eigenvalue weighted by Crippen LogP contribution is -2.34. The molecule has 2 N–H and O–H groups in total. The summed E-state index contributed by atoms with van der Waals surface area (Å²) >= 11 is 1.65. The molecular formula is C18H22N2O2S. The number of thiophene rings is 1. The van der Waals surface area contributed by atoms with E-state index in [1.807, 2.05) is 30.3 Å². The summed E-state index contributed by atoms with van der Waals surface area (Å²) in [6.45, 7) is 6.63. The molecule has 0 unspecified atom stereocenters. The molecule has 0 spiro atoms. The lowest BCUT2D eigenvalue weighted by atomic mass is 10.0. The van der Waals surface area contributed by atoms with Crippen molar-refractivity contribution >= 4 is 28.8 Å². The van der Waals surface area contributed by atoms with Crippen molar-refractivity contribution < 1.29 is 9.59 Å². The molecule has 0 bridgehead atoms. The van der Waals surface area contributed by atoms with Gasteiger partial charge in [-0.3, -0.25) is 9.59 Å². The summed E-state index contributed by atoms with van der Waals surface area (Å²) in [4.78, 5) is 26.2. The van der Waals surface area contributed by atoms with Gasteiger partial charge in [0.25, 0.3) is 0 Å². The van der Waals surface area contributed by atoms with Crippen LogP contribution in [0, 0.1) is 0 Å². The summed E-state index contributed by atoms with van der Waals surface area (Å²) in [6.07, 6.45) is 0.977. The van der Waals surface area contributed by atoms with Crippen molar-refractivity contribution in [2.45, 2.75) is 39.7 Å². The number of hydrogen-bond acceptors (Lipinski definition) is 3. The lowest BCUT2D eigenvalue weighted by Gasteiger charge is -2.09. The Morgan fingerprint density at radius 1 is 1.09 bits per heavy atom. The van der Waals surface area contributed by atoms with Crippen LogP contribution in [0.5, 0.6) is 0 Å². The van der Waals surface area contributed by atoms with Gasteiger partial charge < -0.3 is 10.6 Å². The van der Waals surface area contributed by atoms with Gasteiger partial charge in [-0.25, -0.2) is 0 Å². The first kappa shape index (κ1) is 17.2. The number of rotatable bonds is 5. The van der Waals surface area contributed by atoms with Crippen molar-refractivity contribution in [2.24, 2.45) is 0 Å².